The number of aliphatic hydroxyl groups is 2. The van der Waals surface area contributed by atoms with Crippen LogP contribution in [0.4, 0.5) is 10.2 Å². The van der Waals surface area contributed by atoms with E-state index in [0.717, 1.165) is 5.56 Å². The van der Waals surface area contributed by atoms with Crippen molar-refractivity contribution in [3.63, 3.8) is 0 Å². The van der Waals surface area contributed by atoms with Gasteiger partial charge in [-0.1, -0.05) is 17.7 Å². The fourth-order valence-corrected chi connectivity index (χ4v) is 3.79. The van der Waals surface area contributed by atoms with E-state index in [4.69, 9.17) is 11.6 Å². The lowest BCUT2D eigenvalue weighted by molar-refractivity contribution is 0.0256. The number of carbonyl (C=O) groups is 1. The smallest absolute Gasteiger partial charge is 0.218 e. The maximum atomic E-state index is 13.3. The van der Waals surface area contributed by atoms with Gasteiger partial charge in [0, 0.05) is 12.4 Å². The van der Waals surface area contributed by atoms with Gasteiger partial charge in [-0.15, -0.1) is 0 Å². The first-order valence-electron chi connectivity index (χ1n) is 9.61. The molecule has 4 rings (SSSR count). The molecule has 3 aromatic rings. The van der Waals surface area contributed by atoms with Crippen molar-refractivity contribution in [2.45, 2.75) is 31.2 Å². The molecular weight excluding hydrogens is 425 g/mol. The maximum absolute atomic E-state index is 13.3. The number of nitrogens with zero attached hydrogens (tertiary/aromatic N) is 4. The number of ketones is 1. The number of halogens is 2. The van der Waals surface area contributed by atoms with E-state index in [1.54, 1.807) is 18.3 Å². The van der Waals surface area contributed by atoms with Crippen molar-refractivity contribution in [3.05, 3.63) is 77.6 Å². The second-order valence-corrected chi connectivity index (χ2v) is 7.90. The van der Waals surface area contributed by atoms with Gasteiger partial charge in [0.25, 0.3) is 0 Å². The Labute approximate surface area is 182 Å². The first kappa shape index (κ1) is 21.4. The van der Waals surface area contributed by atoms with Gasteiger partial charge in [0.15, 0.2) is 0 Å². The van der Waals surface area contributed by atoms with Crippen LogP contribution in [0.3, 0.4) is 0 Å². The number of benzene rings is 1. The van der Waals surface area contributed by atoms with E-state index in [1.807, 2.05) is 0 Å². The quantitative estimate of drug-likeness (QED) is 0.499. The molecule has 161 valence electrons. The molecule has 0 amide bonds. The van der Waals surface area contributed by atoms with Gasteiger partial charge in [-0.2, -0.15) is 5.10 Å². The molecule has 3 N–H and O–H groups in total. The lowest BCUT2D eigenvalue weighted by atomic mass is 10.1. The van der Waals surface area contributed by atoms with Crippen molar-refractivity contribution in [3.8, 4) is 0 Å². The Hall–Kier alpha value is -2.88. The van der Waals surface area contributed by atoms with Crippen LogP contribution in [0.5, 0.6) is 0 Å². The van der Waals surface area contributed by atoms with Crippen LogP contribution in [-0.4, -0.2) is 54.0 Å². The number of hydrogen-bond acceptors (Lipinski definition) is 7. The summed E-state index contributed by atoms with van der Waals surface area (Å²) in [6, 6.07) is 5.43. The molecule has 1 fully saturated rings. The molecule has 1 radical (unpaired) electrons. The summed E-state index contributed by atoms with van der Waals surface area (Å²) in [5.74, 6) is -0.997. The molecule has 1 saturated carbocycles. The van der Waals surface area contributed by atoms with Gasteiger partial charge in [-0.25, -0.2) is 14.4 Å². The fraction of sp³-hybridized carbons (Fsp3) is 0.286. The lowest BCUT2D eigenvalue weighted by Gasteiger charge is -2.19. The van der Waals surface area contributed by atoms with Gasteiger partial charge < -0.3 is 15.5 Å². The van der Waals surface area contributed by atoms with Crippen LogP contribution in [0, 0.1) is 18.7 Å². The summed E-state index contributed by atoms with van der Waals surface area (Å²) >= 11 is 5.81. The first-order valence-corrected chi connectivity index (χ1v) is 9.99. The molecule has 10 heteroatoms. The summed E-state index contributed by atoms with van der Waals surface area (Å²) in [5, 5.41) is 27.5. The Bertz CT molecular complexity index is 1110. The van der Waals surface area contributed by atoms with E-state index >= 15 is 0 Å². The molecular formula is C21H20ClFN5O3. The monoisotopic (exact) mass is 444 g/mol. The molecule has 1 aliphatic carbocycles. The zero-order chi connectivity index (χ0) is 22.1. The molecule has 31 heavy (non-hydrogen) atoms. The molecule has 0 spiro atoms. The van der Waals surface area contributed by atoms with Crippen molar-refractivity contribution < 1.29 is 19.4 Å². The van der Waals surface area contributed by atoms with E-state index in [-0.39, 0.29) is 28.0 Å². The predicted molar refractivity (Wildman–Crippen MR) is 111 cm³/mol. The number of rotatable bonds is 6. The average Bonchev–Trinajstić information content (AvgIpc) is 3.31. The minimum atomic E-state index is -1.03. The summed E-state index contributed by atoms with van der Waals surface area (Å²) in [4.78, 5) is 21.1. The lowest BCUT2D eigenvalue weighted by Crippen LogP contribution is -2.35. The molecule has 8 nitrogen and oxygen atoms in total. The van der Waals surface area contributed by atoms with Crippen molar-refractivity contribution in [1.82, 2.24) is 19.7 Å². The van der Waals surface area contributed by atoms with Gasteiger partial charge in [-0.05, 0) is 43.0 Å². The highest BCUT2D eigenvalue weighted by Gasteiger charge is 2.39. The Morgan fingerprint density at radius 3 is 2.84 bits per heavy atom. The van der Waals surface area contributed by atoms with E-state index in [0.29, 0.717) is 13.0 Å². The zero-order valence-corrected chi connectivity index (χ0v) is 17.1. The van der Waals surface area contributed by atoms with E-state index < -0.39 is 29.9 Å². The highest BCUT2D eigenvalue weighted by Crippen LogP contribution is 2.29. The third kappa shape index (κ3) is 4.43. The Kier molecular flexibility index (Phi) is 5.99. The minimum absolute atomic E-state index is 0.0156. The molecule has 2 aromatic heterocycles. The molecule has 2 heterocycles. The molecule has 4 atom stereocenters. The van der Waals surface area contributed by atoms with Crippen LogP contribution in [0.1, 0.15) is 28.0 Å². The zero-order valence-electron chi connectivity index (χ0n) is 16.3. The van der Waals surface area contributed by atoms with Gasteiger partial charge in [0.1, 0.15) is 29.8 Å². The fourth-order valence-electron chi connectivity index (χ4n) is 3.59. The van der Waals surface area contributed by atoms with Crippen LogP contribution in [0.2, 0.25) is 5.02 Å². The highest BCUT2D eigenvalue weighted by molar-refractivity contribution is 6.30. The largest absolute Gasteiger partial charge is 0.390 e. The molecule has 0 bridgehead atoms. The van der Waals surface area contributed by atoms with Gasteiger partial charge in [-0.3, -0.25) is 9.48 Å². The number of nitrogens with one attached hydrogen (secondary N) is 1. The summed E-state index contributed by atoms with van der Waals surface area (Å²) in [6.07, 6.45) is 2.74. The van der Waals surface area contributed by atoms with Crippen LogP contribution < -0.4 is 5.32 Å². The van der Waals surface area contributed by atoms with Crippen molar-refractivity contribution in [2.75, 3.05) is 5.32 Å². The van der Waals surface area contributed by atoms with Crippen LogP contribution in [0.25, 0.3) is 0 Å². The SMILES string of the molecule is [CH2][C@@H]1C[C@@H](Nc2ncncc2C(=O)c2ccn(Cc3ccc(F)c(Cl)c3)n2)[C@H](O)[C@@H]1O. The highest BCUT2D eigenvalue weighted by atomic mass is 35.5. The normalized spacial score (nSPS) is 23.1. The molecule has 1 aromatic carbocycles. The summed E-state index contributed by atoms with van der Waals surface area (Å²) in [7, 11) is 0. The maximum Gasteiger partial charge on any atom is 0.218 e. The summed E-state index contributed by atoms with van der Waals surface area (Å²) < 4.78 is 14.9. The number of aromatic nitrogens is 4. The molecule has 0 saturated heterocycles. The van der Waals surface area contributed by atoms with Crippen molar-refractivity contribution in [1.29, 1.82) is 0 Å². The second kappa shape index (κ2) is 8.70. The van der Waals surface area contributed by atoms with Gasteiger partial charge in [0.2, 0.25) is 5.78 Å². The van der Waals surface area contributed by atoms with Gasteiger partial charge in [0.05, 0.1) is 29.3 Å². The summed E-state index contributed by atoms with van der Waals surface area (Å²) in [6.45, 7) is 4.13. The number of anilines is 1. The second-order valence-electron chi connectivity index (χ2n) is 7.49. The van der Waals surface area contributed by atoms with Crippen molar-refractivity contribution in [2.24, 2.45) is 5.92 Å². The van der Waals surface area contributed by atoms with Crippen molar-refractivity contribution >= 4 is 23.2 Å². The number of aliphatic hydroxyl groups excluding tert-OH is 2. The number of carbonyl (C=O) groups excluding carboxylic acids is 1. The standard InChI is InChI=1S/C21H20ClFN5O3/c1-11-6-17(20(31)18(11)29)26-21-13(8-24-10-25-21)19(30)16-4-5-28(27-16)9-12-2-3-15(23)14(22)7-12/h2-5,7-8,10-11,17-18,20,29,31H,1,6,9H2,(H,24,25,26)/t11-,17-,18-,20+/m1/s1. The van der Waals surface area contributed by atoms with Crippen LogP contribution >= 0.6 is 11.6 Å². The Balaban J connectivity index is 1.52. The topological polar surface area (TPSA) is 113 Å². The van der Waals surface area contributed by atoms with E-state index in [2.05, 4.69) is 27.3 Å². The predicted octanol–water partition coefficient (Wildman–Crippen LogP) is 2.10. The van der Waals surface area contributed by atoms with Crippen LogP contribution in [-0.2, 0) is 6.54 Å². The third-order valence-electron chi connectivity index (χ3n) is 5.28. The average molecular weight is 445 g/mol. The van der Waals surface area contributed by atoms with Crippen LogP contribution in [0.15, 0.2) is 43.0 Å². The van der Waals surface area contributed by atoms with E-state index in [1.165, 1.54) is 29.3 Å². The van der Waals surface area contributed by atoms with Gasteiger partial charge >= 0.3 is 0 Å². The molecule has 0 unspecified atom stereocenters. The Morgan fingerprint density at radius 2 is 2.13 bits per heavy atom. The first-order chi connectivity index (χ1) is 14.8. The number of hydrogen-bond donors (Lipinski definition) is 3. The van der Waals surface area contributed by atoms with E-state index in [9.17, 15) is 19.4 Å². The molecule has 0 aliphatic heterocycles. The third-order valence-corrected chi connectivity index (χ3v) is 5.57. The summed E-state index contributed by atoms with van der Waals surface area (Å²) in [5.41, 5.74) is 1.09. The minimum Gasteiger partial charge on any atom is -0.390 e. The Morgan fingerprint density at radius 1 is 1.32 bits per heavy atom. The molecule has 1 aliphatic rings.